The molecule has 1 aliphatic rings. The molecular formula is C19H21N3O4. The molecule has 1 saturated heterocycles. The Kier molecular flexibility index (Phi) is 5.93. The Hall–Kier alpha value is -2.77. The van der Waals surface area contributed by atoms with Gasteiger partial charge in [0.1, 0.15) is 0 Å². The lowest BCUT2D eigenvalue weighted by Gasteiger charge is -2.35. The van der Waals surface area contributed by atoms with Crippen LogP contribution in [0.5, 0.6) is 0 Å². The lowest BCUT2D eigenvalue weighted by Crippen LogP contribution is -2.43. The summed E-state index contributed by atoms with van der Waals surface area (Å²) in [7, 11) is 0. The fourth-order valence-corrected chi connectivity index (χ4v) is 3.07. The summed E-state index contributed by atoms with van der Waals surface area (Å²) in [6.07, 6.45) is 0. The quantitative estimate of drug-likeness (QED) is 0.635. The number of carbonyl (C=O) groups excluding carboxylic acids is 1. The minimum absolute atomic E-state index is 0.0303. The zero-order valence-corrected chi connectivity index (χ0v) is 14.3. The number of hydrogen-bond donors (Lipinski definition) is 1. The number of ether oxygens (including phenoxy) is 1. The minimum atomic E-state index is -0.503. The molecule has 1 fully saturated rings. The Morgan fingerprint density at radius 3 is 2.58 bits per heavy atom. The second kappa shape index (κ2) is 8.55. The molecule has 1 aliphatic heterocycles. The fraction of sp³-hybridized carbons (Fsp3) is 0.316. The lowest BCUT2D eigenvalue weighted by molar-refractivity contribution is -0.384. The van der Waals surface area contributed by atoms with Gasteiger partial charge in [0.25, 0.3) is 11.6 Å². The molecule has 0 bridgehead atoms. The van der Waals surface area contributed by atoms with Crippen molar-refractivity contribution in [2.45, 2.75) is 6.04 Å². The van der Waals surface area contributed by atoms with E-state index in [1.807, 2.05) is 30.3 Å². The number of benzene rings is 2. The normalized spacial score (nSPS) is 16.0. The summed E-state index contributed by atoms with van der Waals surface area (Å²) in [5.74, 6) is -0.317. The van der Waals surface area contributed by atoms with Crippen LogP contribution in [0.3, 0.4) is 0 Å². The number of hydrogen-bond acceptors (Lipinski definition) is 5. The van der Waals surface area contributed by atoms with Gasteiger partial charge in [-0.3, -0.25) is 19.8 Å². The van der Waals surface area contributed by atoms with Crippen LogP contribution in [0.25, 0.3) is 0 Å². The van der Waals surface area contributed by atoms with Crippen molar-refractivity contribution in [1.29, 1.82) is 0 Å². The van der Waals surface area contributed by atoms with Crippen LogP contribution in [0.1, 0.15) is 22.0 Å². The monoisotopic (exact) mass is 355 g/mol. The van der Waals surface area contributed by atoms with Crippen molar-refractivity contribution >= 4 is 11.6 Å². The largest absolute Gasteiger partial charge is 0.379 e. The first-order valence-electron chi connectivity index (χ1n) is 8.54. The Balaban J connectivity index is 1.72. The highest BCUT2D eigenvalue weighted by Gasteiger charge is 2.23. The molecule has 7 nitrogen and oxygen atoms in total. The molecule has 7 heteroatoms. The Morgan fingerprint density at radius 1 is 1.15 bits per heavy atom. The van der Waals surface area contributed by atoms with Gasteiger partial charge in [-0.15, -0.1) is 0 Å². The molecule has 0 saturated carbocycles. The summed E-state index contributed by atoms with van der Waals surface area (Å²) in [6.45, 7) is 3.36. The zero-order chi connectivity index (χ0) is 18.4. The molecule has 26 heavy (non-hydrogen) atoms. The van der Waals surface area contributed by atoms with Gasteiger partial charge in [-0.05, 0) is 11.6 Å². The second-order valence-electron chi connectivity index (χ2n) is 6.09. The smallest absolute Gasteiger partial charge is 0.270 e. The van der Waals surface area contributed by atoms with Crippen molar-refractivity contribution < 1.29 is 14.5 Å². The molecule has 0 unspecified atom stereocenters. The van der Waals surface area contributed by atoms with Gasteiger partial charge in [0.05, 0.1) is 24.2 Å². The van der Waals surface area contributed by atoms with Crippen LogP contribution in [0, 0.1) is 10.1 Å². The molecule has 0 spiro atoms. The number of nitrogens with one attached hydrogen (secondary N) is 1. The van der Waals surface area contributed by atoms with Crippen molar-refractivity contribution in [3.05, 3.63) is 75.8 Å². The molecule has 1 N–H and O–H groups in total. The number of rotatable bonds is 6. The van der Waals surface area contributed by atoms with Crippen LogP contribution < -0.4 is 5.32 Å². The number of morpholine rings is 1. The molecule has 2 aromatic rings. The molecular weight excluding hydrogens is 334 g/mol. The Labute approximate surface area is 151 Å². The number of nitro benzene ring substituents is 1. The SMILES string of the molecule is O=C(NC[C@@H](c1ccccc1)N1CCOCC1)c1cccc([N+](=O)[O-])c1. The van der Waals surface area contributed by atoms with Gasteiger partial charge in [0.15, 0.2) is 0 Å². The number of carbonyl (C=O) groups is 1. The molecule has 0 aliphatic carbocycles. The Morgan fingerprint density at radius 2 is 1.88 bits per heavy atom. The van der Waals surface area contributed by atoms with E-state index in [9.17, 15) is 14.9 Å². The van der Waals surface area contributed by atoms with E-state index in [1.165, 1.54) is 18.2 Å². The summed E-state index contributed by atoms with van der Waals surface area (Å²) >= 11 is 0. The van der Waals surface area contributed by atoms with E-state index in [2.05, 4.69) is 10.2 Å². The highest BCUT2D eigenvalue weighted by atomic mass is 16.6. The third kappa shape index (κ3) is 4.44. The van der Waals surface area contributed by atoms with E-state index < -0.39 is 4.92 Å². The number of amides is 1. The fourth-order valence-electron chi connectivity index (χ4n) is 3.07. The van der Waals surface area contributed by atoms with Crippen LogP contribution in [0.4, 0.5) is 5.69 Å². The number of non-ortho nitro benzene ring substituents is 1. The van der Waals surface area contributed by atoms with E-state index >= 15 is 0 Å². The molecule has 0 radical (unpaired) electrons. The molecule has 1 heterocycles. The highest BCUT2D eigenvalue weighted by molar-refractivity contribution is 5.94. The maximum atomic E-state index is 12.5. The summed E-state index contributed by atoms with van der Waals surface area (Å²) < 4.78 is 5.42. The third-order valence-electron chi connectivity index (χ3n) is 4.45. The van der Waals surface area contributed by atoms with Crippen molar-refractivity contribution in [3.8, 4) is 0 Å². The van der Waals surface area contributed by atoms with Gasteiger partial charge in [-0.1, -0.05) is 36.4 Å². The van der Waals surface area contributed by atoms with Crippen LogP contribution >= 0.6 is 0 Å². The molecule has 0 aromatic heterocycles. The second-order valence-corrected chi connectivity index (χ2v) is 6.09. The predicted molar refractivity (Wildman–Crippen MR) is 97.0 cm³/mol. The molecule has 136 valence electrons. The maximum absolute atomic E-state index is 12.5. The van der Waals surface area contributed by atoms with Crippen molar-refractivity contribution in [1.82, 2.24) is 10.2 Å². The molecule has 1 amide bonds. The maximum Gasteiger partial charge on any atom is 0.270 e. The number of nitrogens with zero attached hydrogens (tertiary/aromatic N) is 2. The van der Waals surface area contributed by atoms with E-state index in [1.54, 1.807) is 6.07 Å². The molecule has 3 rings (SSSR count). The first kappa shape index (κ1) is 18.0. The van der Waals surface area contributed by atoms with Crippen molar-refractivity contribution in [3.63, 3.8) is 0 Å². The van der Waals surface area contributed by atoms with Crippen LogP contribution in [0.15, 0.2) is 54.6 Å². The summed E-state index contributed by atoms with van der Waals surface area (Å²) in [6, 6.07) is 15.8. The third-order valence-corrected chi connectivity index (χ3v) is 4.45. The van der Waals surface area contributed by atoms with E-state index in [0.717, 1.165) is 18.7 Å². The van der Waals surface area contributed by atoms with Gasteiger partial charge in [-0.2, -0.15) is 0 Å². The minimum Gasteiger partial charge on any atom is -0.379 e. The highest BCUT2D eigenvalue weighted by Crippen LogP contribution is 2.21. The van der Waals surface area contributed by atoms with Crippen molar-refractivity contribution in [2.75, 3.05) is 32.8 Å². The lowest BCUT2D eigenvalue weighted by atomic mass is 10.0. The van der Waals surface area contributed by atoms with Crippen LogP contribution in [0.2, 0.25) is 0 Å². The van der Waals surface area contributed by atoms with Gasteiger partial charge < -0.3 is 10.1 Å². The Bertz CT molecular complexity index is 760. The van der Waals surface area contributed by atoms with Crippen LogP contribution in [-0.4, -0.2) is 48.6 Å². The van der Waals surface area contributed by atoms with Gasteiger partial charge >= 0.3 is 0 Å². The van der Waals surface area contributed by atoms with Gasteiger partial charge in [-0.25, -0.2) is 0 Å². The summed E-state index contributed by atoms with van der Waals surface area (Å²) in [5.41, 5.74) is 1.31. The van der Waals surface area contributed by atoms with Gasteiger partial charge in [0.2, 0.25) is 0 Å². The zero-order valence-electron chi connectivity index (χ0n) is 14.3. The standard InChI is InChI=1S/C19H21N3O4/c23-19(16-7-4-8-17(13-16)22(24)25)20-14-18(15-5-2-1-3-6-15)21-9-11-26-12-10-21/h1-8,13,18H,9-12,14H2,(H,20,23)/t18-/m0/s1. The molecule has 2 aromatic carbocycles. The number of nitro groups is 1. The predicted octanol–water partition coefficient (Wildman–Crippen LogP) is 2.40. The summed E-state index contributed by atoms with van der Waals surface area (Å²) in [5, 5.41) is 13.8. The average molecular weight is 355 g/mol. The van der Waals surface area contributed by atoms with Crippen molar-refractivity contribution in [2.24, 2.45) is 0 Å². The summed E-state index contributed by atoms with van der Waals surface area (Å²) in [4.78, 5) is 25.1. The van der Waals surface area contributed by atoms with Gasteiger partial charge in [0, 0.05) is 37.3 Å². The first-order chi connectivity index (χ1) is 12.6. The first-order valence-corrected chi connectivity index (χ1v) is 8.54. The van der Waals surface area contributed by atoms with E-state index in [-0.39, 0.29) is 23.2 Å². The van der Waals surface area contributed by atoms with E-state index in [0.29, 0.717) is 19.8 Å². The topological polar surface area (TPSA) is 84.7 Å². The van der Waals surface area contributed by atoms with Crippen LogP contribution in [-0.2, 0) is 4.74 Å². The molecule has 1 atom stereocenters. The average Bonchev–Trinajstić information content (AvgIpc) is 2.69. The van der Waals surface area contributed by atoms with E-state index in [4.69, 9.17) is 4.74 Å².